The number of nitrogens with one attached hydrogen (secondary N) is 1. The summed E-state index contributed by atoms with van der Waals surface area (Å²) in [6.07, 6.45) is 0. The van der Waals surface area contributed by atoms with Gasteiger partial charge in [-0.2, -0.15) is 0 Å². The Morgan fingerprint density at radius 1 is 1.37 bits per heavy atom. The van der Waals surface area contributed by atoms with E-state index in [-0.39, 0.29) is 16.3 Å². The smallest absolute Gasteiger partial charge is 0.263 e. The maximum Gasteiger partial charge on any atom is 0.263 e. The fraction of sp³-hybridized carbons (Fsp3) is 0.0909. The first kappa shape index (κ1) is 13.1. The molecule has 0 spiro atoms. The highest BCUT2D eigenvalue weighted by Gasteiger charge is 2.17. The van der Waals surface area contributed by atoms with Gasteiger partial charge in [-0.05, 0) is 25.1 Å². The van der Waals surface area contributed by atoms with Crippen molar-refractivity contribution in [3.8, 4) is 0 Å². The summed E-state index contributed by atoms with van der Waals surface area (Å²) in [5, 5.41) is 3.53. The van der Waals surface area contributed by atoms with Gasteiger partial charge < -0.3 is 10.3 Å². The van der Waals surface area contributed by atoms with Crippen LogP contribution in [0.2, 0.25) is 0 Å². The summed E-state index contributed by atoms with van der Waals surface area (Å²) in [5.74, 6) is -0.153. The summed E-state index contributed by atoms with van der Waals surface area (Å²) >= 11 is 0. The second kappa shape index (κ2) is 4.73. The Morgan fingerprint density at radius 3 is 2.68 bits per heavy atom. The van der Waals surface area contributed by atoms with Gasteiger partial charge in [-0.1, -0.05) is 11.2 Å². The first-order valence-electron chi connectivity index (χ1n) is 5.24. The minimum atomic E-state index is -3.84. The van der Waals surface area contributed by atoms with E-state index in [0.29, 0.717) is 5.76 Å². The summed E-state index contributed by atoms with van der Waals surface area (Å²) in [4.78, 5) is 10.9. The van der Waals surface area contributed by atoms with Crippen LogP contribution in [0.4, 0.5) is 5.82 Å². The number of aryl methyl sites for hydroxylation is 1. The molecule has 0 aliphatic carbocycles. The highest BCUT2D eigenvalue weighted by atomic mass is 32.2. The van der Waals surface area contributed by atoms with E-state index in [4.69, 9.17) is 10.3 Å². The minimum absolute atomic E-state index is 0.0713. The SMILES string of the molecule is Cc1cc(NS(=O)(=O)c2cccc(C(N)=O)c2)no1. The number of sulfonamides is 1. The molecule has 0 fully saturated rings. The van der Waals surface area contributed by atoms with Crippen molar-refractivity contribution in [1.29, 1.82) is 0 Å². The zero-order valence-corrected chi connectivity index (χ0v) is 10.8. The van der Waals surface area contributed by atoms with Gasteiger partial charge in [-0.25, -0.2) is 8.42 Å². The van der Waals surface area contributed by atoms with Crippen molar-refractivity contribution in [2.45, 2.75) is 11.8 Å². The number of carbonyl (C=O) groups excluding carboxylic acids is 1. The van der Waals surface area contributed by atoms with Gasteiger partial charge in [0.25, 0.3) is 10.0 Å². The van der Waals surface area contributed by atoms with Gasteiger partial charge in [0.15, 0.2) is 5.82 Å². The van der Waals surface area contributed by atoms with E-state index in [1.807, 2.05) is 0 Å². The lowest BCUT2D eigenvalue weighted by atomic mass is 10.2. The maximum absolute atomic E-state index is 12.0. The summed E-state index contributed by atoms with van der Waals surface area (Å²) in [5.41, 5.74) is 5.21. The normalized spacial score (nSPS) is 11.2. The third-order valence-electron chi connectivity index (χ3n) is 2.30. The lowest BCUT2D eigenvalue weighted by molar-refractivity contribution is 0.1000. The van der Waals surface area contributed by atoms with E-state index < -0.39 is 15.9 Å². The predicted octanol–water partition coefficient (Wildman–Crippen LogP) is 0.883. The molecule has 8 heteroatoms. The Labute approximate surface area is 109 Å². The van der Waals surface area contributed by atoms with Crippen molar-refractivity contribution in [2.24, 2.45) is 5.73 Å². The molecule has 100 valence electrons. The lowest BCUT2D eigenvalue weighted by Crippen LogP contribution is -2.15. The Bertz CT molecular complexity index is 721. The number of benzene rings is 1. The van der Waals surface area contributed by atoms with Gasteiger partial charge in [-0.15, -0.1) is 0 Å². The Kier molecular flexibility index (Phi) is 3.26. The number of aromatic nitrogens is 1. The third kappa shape index (κ3) is 2.91. The highest BCUT2D eigenvalue weighted by Crippen LogP contribution is 2.16. The molecule has 1 aromatic carbocycles. The molecule has 2 aromatic rings. The fourth-order valence-electron chi connectivity index (χ4n) is 1.43. The van der Waals surface area contributed by atoms with Gasteiger partial charge in [0.05, 0.1) is 4.90 Å². The number of nitrogens with zero attached hydrogens (tertiary/aromatic N) is 1. The van der Waals surface area contributed by atoms with Crippen LogP contribution in [0, 0.1) is 6.92 Å². The molecule has 1 heterocycles. The largest absolute Gasteiger partial charge is 0.366 e. The van der Waals surface area contributed by atoms with Crippen LogP contribution in [0.25, 0.3) is 0 Å². The van der Waals surface area contributed by atoms with Crippen molar-refractivity contribution in [1.82, 2.24) is 5.16 Å². The van der Waals surface area contributed by atoms with Crippen molar-refractivity contribution < 1.29 is 17.7 Å². The van der Waals surface area contributed by atoms with Gasteiger partial charge in [0.2, 0.25) is 5.91 Å². The molecular formula is C11H11N3O4S. The number of hydrogen-bond acceptors (Lipinski definition) is 5. The molecule has 7 nitrogen and oxygen atoms in total. The van der Waals surface area contributed by atoms with Crippen molar-refractivity contribution in [3.63, 3.8) is 0 Å². The van der Waals surface area contributed by atoms with E-state index in [1.54, 1.807) is 6.92 Å². The molecule has 0 aliphatic heterocycles. The monoisotopic (exact) mass is 281 g/mol. The molecule has 0 aliphatic rings. The summed E-state index contributed by atoms with van der Waals surface area (Å²) in [7, 11) is -3.84. The lowest BCUT2D eigenvalue weighted by Gasteiger charge is -2.05. The molecule has 0 atom stereocenters. The predicted molar refractivity (Wildman–Crippen MR) is 67.0 cm³/mol. The Morgan fingerprint density at radius 2 is 2.11 bits per heavy atom. The maximum atomic E-state index is 12.0. The van der Waals surface area contributed by atoms with Crippen LogP contribution in [0.1, 0.15) is 16.1 Å². The number of primary amides is 1. The fourth-order valence-corrected chi connectivity index (χ4v) is 2.46. The van der Waals surface area contributed by atoms with E-state index in [1.165, 1.54) is 30.3 Å². The molecule has 0 unspecified atom stereocenters. The van der Waals surface area contributed by atoms with Crippen LogP contribution in [-0.2, 0) is 10.0 Å². The van der Waals surface area contributed by atoms with Gasteiger partial charge in [0, 0.05) is 11.6 Å². The molecule has 0 radical (unpaired) electrons. The van der Waals surface area contributed by atoms with Gasteiger partial charge in [0.1, 0.15) is 5.76 Å². The van der Waals surface area contributed by atoms with Crippen molar-refractivity contribution in [2.75, 3.05) is 4.72 Å². The molecule has 0 saturated carbocycles. The molecule has 2 rings (SSSR count). The molecule has 1 amide bonds. The van der Waals surface area contributed by atoms with Crippen molar-refractivity contribution >= 4 is 21.7 Å². The standard InChI is InChI=1S/C11H11N3O4S/c1-7-5-10(13-18-7)14-19(16,17)9-4-2-3-8(6-9)11(12)15/h2-6H,1H3,(H2,12,15)(H,13,14). The molecule has 3 N–H and O–H groups in total. The van der Waals surface area contributed by atoms with E-state index in [9.17, 15) is 13.2 Å². The van der Waals surface area contributed by atoms with E-state index >= 15 is 0 Å². The number of amides is 1. The summed E-state index contributed by atoms with van der Waals surface area (Å²) < 4.78 is 31.1. The summed E-state index contributed by atoms with van der Waals surface area (Å²) in [6.45, 7) is 1.64. The molecule has 19 heavy (non-hydrogen) atoms. The average molecular weight is 281 g/mol. The zero-order valence-electron chi connectivity index (χ0n) is 9.95. The van der Waals surface area contributed by atoms with Crippen LogP contribution < -0.4 is 10.5 Å². The Hall–Kier alpha value is -2.35. The number of rotatable bonds is 4. The number of hydrogen-bond donors (Lipinski definition) is 2. The molecule has 0 bridgehead atoms. The third-order valence-corrected chi connectivity index (χ3v) is 3.65. The van der Waals surface area contributed by atoms with Crippen LogP contribution in [0.3, 0.4) is 0 Å². The first-order chi connectivity index (χ1) is 8.88. The Balaban J connectivity index is 2.34. The van der Waals surface area contributed by atoms with E-state index in [2.05, 4.69) is 9.88 Å². The van der Waals surface area contributed by atoms with Crippen LogP contribution in [-0.4, -0.2) is 19.5 Å². The molecular weight excluding hydrogens is 270 g/mol. The number of nitrogens with two attached hydrogens (primary N) is 1. The minimum Gasteiger partial charge on any atom is -0.366 e. The number of anilines is 1. The van der Waals surface area contributed by atoms with Gasteiger partial charge >= 0.3 is 0 Å². The second-order valence-corrected chi connectivity index (χ2v) is 5.50. The zero-order chi connectivity index (χ0) is 14.0. The topological polar surface area (TPSA) is 115 Å². The van der Waals surface area contributed by atoms with Crippen LogP contribution in [0.15, 0.2) is 39.8 Å². The van der Waals surface area contributed by atoms with Crippen LogP contribution in [0.5, 0.6) is 0 Å². The molecule has 1 aromatic heterocycles. The van der Waals surface area contributed by atoms with Crippen molar-refractivity contribution in [3.05, 3.63) is 41.7 Å². The highest BCUT2D eigenvalue weighted by molar-refractivity contribution is 7.92. The molecule has 0 saturated heterocycles. The first-order valence-corrected chi connectivity index (χ1v) is 6.73. The second-order valence-electron chi connectivity index (χ2n) is 3.82. The summed E-state index contributed by atoms with van der Waals surface area (Å²) in [6, 6.07) is 6.85. The van der Waals surface area contributed by atoms with Crippen LogP contribution >= 0.6 is 0 Å². The van der Waals surface area contributed by atoms with Gasteiger partial charge in [-0.3, -0.25) is 9.52 Å². The quantitative estimate of drug-likeness (QED) is 0.863. The average Bonchev–Trinajstić information content (AvgIpc) is 2.74. The van der Waals surface area contributed by atoms with E-state index in [0.717, 1.165) is 0 Å². The number of carbonyl (C=O) groups is 1.